The number of hydrogen-bond acceptors (Lipinski definition) is 9. The van der Waals surface area contributed by atoms with Gasteiger partial charge < -0.3 is 24.2 Å². The number of fused-ring (bicyclic) bond motifs is 3. The van der Waals surface area contributed by atoms with Gasteiger partial charge in [-0.25, -0.2) is 0 Å². The van der Waals surface area contributed by atoms with Gasteiger partial charge in [0.05, 0.1) is 36.4 Å². The molecule has 1 aromatic heterocycles. The second-order valence-electron chi connectivity index (χ2n) is 11.7. The molecule has 41 heavy (non-hydrogen) atoms. The molecular weight excluding hydrogens is 518 g/mol. The molecule has 0 N–H and O–H groups in total. The van der Waals surface area contributed by atoms with Gasteiger partial charge in [0.25, 0.3) is 0 Å². The molecule has 0 aliphatic carbocycles. The van der Waals surface area contributed by atoms with Crippen LogP contribution in [-0.2, 0) is 23.3 Å². The molecule has 0 bridgehead atoms. The Bertz CT molecular complexity index is 1360. The van der Waals surface area contributed by atoms with E-state index in [0.717, 1.165) is 48.6 Å². The molecule has 0 saturated carbocycles. The van der Waals surface area contributed by atoms with Crippen LogP contribution in [0.2, 0.25) is 0 Å². The van der Waals surface area contributed by atoms with E-state index in [1.165, 1.54) is 18.1 Å². The van der Waals surface area contributed by atoms with E-state index in [4.69, 9.17) is 19.4 Å². The Morgan fingerprint density at radius 2 is 2.10 bits per heavy atom. The van der Waals surface area contributed by atoms with Crippen LogP contribution in [0.1, 0.15) is 42.5 Å². The number of hydrogen-bond donors (Lipinski definition) is 0. The number of ether oxygens (including phenoxy) is 2. The molecule has 2 fully saturated rings. The number of nitrogens with zero attached hydrogens (tertiary/aromatic N) is 7. The van der Waals surface area contributed by atoms with Crippen molar-refractivity contribution in [1.82, 2.24) is 24.7 Å². The van der Waals surface area contributed by atoms with Gasteiger partial charge in [0.1, 0.15) is 18.2 Å². The maximum Gasteiger partial charge on any atom is 0.318 e. The first-order valence-corrected chi connectivity index (χ1v) is 14.6. The van der Waals surface area contributed by atoms with Crippen molar-refractivity contribution in [1.29, 1.82) is 5.26 Å². The Labute approximate surface area is 242 Å². The van der Waals surface area contributed by atoms with Crippen molar-refractivity contribution >= 4 is 11.7 Å². The molecule has 10 heteroatoms. The van der Waals surface area contributed by atoms with E-state index in [0.29, 0.717) is 51.4 Å². The van der Waals surface area contributed by atoms with Crippen LogP contribution >= 0.6 is 0 Å². The predicted molar refractivity (Wildman–Crippen MR) is 155 cm³/mol. The minimum Gasteiger partial charge on any atom is -0.493 e. The third-order valence-corrected chi connectivity index (χ3v) is 9.44. The minimum atomic E-state index is -0.239. The molecule has 4 aliphatic rings. The van der Waals surface area contributed by atoms with E-state index in [9.17, 15) is 10.1 Å². The molecule has 216 valence electrons. The standard InChI is InChI=1S/C31H39N7O3/c1-4-28(39)38-16-15-37(19-22(38)11-13-32)29-24-20-36(3)31(12-17-40-27-10-6-5-9-25(27)31)18-26(24)33-30(34-29)41-21-23-8-7-14-35(23)2/h4-6,9-10,22-23H,1,7-8,11-12,14-21H2,2-3H3/t22-,23-,31?/m0/s1. The summed E-state index contributed by atoms with van der Waals surface area (Å²) in [6.07, 6.45) is 5.46. The molecule has 1 spiro atoms. The van der Waals surface area contributed by atoms with Crippen molar-refractivity contribution in [2.45, 2.75) is 56.3 Å². The summed E-state index contributed by atoms with van der Waals surface area (Å²) in [5.74, 6) is 1.64. The Balaban J connectivity index is 1.37. The van der Waals surface area contributed by atoms with E-state index >= 15 is 0 Å². The number of anilines is 1. The number of rotatable bonds is 6. The fraction of sp³-hybridized carbons (Fsp3) is 0.548. The van der Waals surface area contributed by atoms with Crippen LogP contribution in [0.3, 0.4) is 0 Å². The van der Waals surface area contributed by atoms with Crippen molar-refractivity contribution in [3.8, 4) is 17.8 Å². The SMILES string of the molecule is C=CC(=O)N1CCN(c2nc(OC[C@@H]3CCCN3C)nc3c2CN(C)C2(CCOc4ccccc42)C3)C[C@@H]1CC#N. The quantitative estimate of drug-likeness (QED) is 0.497. The van der Waals surface area contributed by atoms with Crippen LogP contribution in [-0.4, -0.2) is 96.1 Å². The predicted octanol–water partition coefficient (Wildman–Crippen LogP) is 2.73. The highest BCUT2D eigenvalue weighted by molar-refractivity contribution is 5.87. The number of aromatic nitrogens is 2. The van der Waals surface area contributed by atoms with E-state index in [1.807, 2.05) is 6.07 Å². The summed E-state index contributed by atoms with van der Waals surface area (Å²) in [5.41, 5.74) is 3.06. The lowest BCUT2D eigenvalue weighted by Gasteiger charge is -2.49. The van der Waals surface area contributed by atoms with Crippen molar-refractivity contribution in [2.75, 3.05) is 58.4 Å². The average molecular weight is 558 g/mol. The van der Waals surface area contributed by atoms with E-state index in [-0.39, 0.29) is 23.9 Å². The van der Waals surface area contributed by atoms with Gasteiger partial charge in [-0.05, 0) is 45.6 Å². The maximum absolute atomic E-state index is 12.5. The first-order valence-electron chi connectivity index (χ1n) is 14.6. The smallest absolute Gasteiger partial charge is 0.318 e. The lowest BCUT2D eigenvalue weighted by atomic mass is 9.76. The molecule has 0 radical (unpaired) electrons. The summed E-state index contributed by atoms with van der Waals surface area (Å²) >= 11 is 0. The molecule has 5 heterocycles. The van der Waals surface area contributed by atoms with Gasteiger partial charge in [-0.2, -0.15) is 15.2 Å². The van der Waals surface area contributed by atoms with Crippen molar-refractivity contribution in [3.63, 3.8) is 0 Å². The van der Waals surface area contributed by atoms with Gasteiger partial charge in [-0.15, -0.1) is 0 Å². The summed E-state index contributed by atoms with van der Waals surface area (Å²) in [6.45, 7) is 8.26. The Morgan fingerprint density at radius 1 is 1.24 bits per heavy atom. The van der Waals surface area contributed by atoms with Crippen molar-refractivity contribution in [2.24, 2.45) is 0 Å². The molecule has 2 aromatic rings. The fourth-order valence-corrected chi connectivity index (χ4v) is 7.05. The van der Waals surface area contributed by atoms with Gasteiger partial charge >= 0.3 is 6.01 Å². The zero-order chi connectivity index (χ0) is 28.6. The van der Waals surface area contributed by atoms with E-state index < -0.39 is 0 Å². The first kappa shape index (κ1) is 27.5. The van der Waals surface area contributed by atoms with E-state index in [1.54, 1.807) is 4.90 Å². The number of piperazine rings is 1. The zero-order valence-corrected chi connectivity index (χ0v) is 24.1. The van der Waals surface area contributed by atoms with Crippen LogP contribution in [0.25, 0.3) is 0 Å². The Morgan fingerprint density at radius 3 is 2.88 bits per heavy atom. The lowest BCUT2D eigenvalue weighted by molar-refractivity contribution is -0.128. The molecule has 3 atom stereocenters. The van der Waals surface area contributed by atoms with Crippen molar-refractivity contribution < 1.29 is 14.3 Å². The van der Waals surface area contributed by atoms with Gasteiger partial charge in [-0.1, -0.05) is 24.8 Å². The summed E-state index contributed by atoms with van der Waals surface area (Å²) in [7, 11) is 4.32. The normalized spacial score (nSPS) is 26.2. The van der Waals surface area contributed by atoms with Crippen LogP contribution < -0.4 is 14.4 Å². The Kier molecular flexibility index (Phi) is 7.58. The fourth-order valence-electron chi connectivity index (χ4n) is 7.05. The summed E-state index contributed by atoms with van der Waals surface area (Å²) in [6, 6.07) is 11.1. The number of carbonyl (C=O) groups excluding carboxylic acids is 1. The molecule has 1 unspecified atom stereocenters. The number of benzene rings is 1. The number of para-hydroxylation sites is 1. The second kappa shape index (κ2) is 11.3. The summed E-state index contributed by atoms with van der Waals surface area (Å²) in [4.78, 5) is 31.3. The molecular formula is C31H39N7O3. The van der Waals surface area contributed by atoms with Gasteiger partial charge in [0.2, 0.25) is 5.91 Å². The van der Waals surface area contributed by atoms with Gasteiger partial charge in [-0.3, -0.25) is 9.69 Å². The third kappa shape index (κ3) is 5.02. The third-order valence-electron chi connectivity index (χ3n) is 9.44. The summed E-state index contributed by atoms with van der Waals surface area (Å²) < 4.78 is 12.4. The van der Waals surface area contributed by atoms with Crippen LogP contribution in [0.4, 0.5) is 5.82 Å². The Hall–Kier alpha value is -3.68. The van der Waals surface area contributed by atoms with Gasteiger partial charge in [0.15, 0.2) is 0 Å². The highest BCUT2D eigenvalue weighted by Gasteiger charge is 2.46. The minimum absolute atomic E-state index is 0.140. The van der Waals surface area contributed by atoms with Crippen molar-refractivity contribution in [3.05, 3.63) is 53.7 Å². The van der Waals surface area contributed by atoms with Crippen LogP contribution in [0.15, 0.2) is 36.9 Å². The second-order valence-corrected chi connectivity index (χ2v) is 11.7. The zero-order valence-electron chi connectivity index (χ0n) is 24.1. The molecule has 1 aromatic carbocycles. The number of nitriles is 1. The topological polar surface area (TPSA) is 98.1 Å². The highest BCUT2D eigenvalue weighted by Crippen LogP contribution is 2.47. The molecule has 2 saturated heterocycles. The highest BCUT2D eigenvalue weighted by atomic mass is 16.5. The summed E-state index contributed by atoms with van der Waals surface area (Å²) in [5, 5.41) is 9.54. The number of likely N-dealkylation sites (N-methyl/N-ethyl adjacent to an activating group) is 2. The van der Waals surface area contributed by atoms with Crippen LogP contribution in [0.5, 0.6) is 11.8 Å². The van der Waals surface area contributed by atoms with Crippen LogP contribution in [0, 0.1) is 11.3 Å². The maximum atomic E-state index is 12.5. The number of carbonyl (C=O) groups is 1. The number of likely N-dealkylation sites (tertiary alicyclic amines) is 1. The van der Waals surface area contributed by atoms with Gasteiger partial charge in [0, 0.05) is 56.2 Å². The molecule has 6 rings (SSSR count). The monoisotopic (exact) mass is 557 g/mol. The molecule has 10 nitrogen and oxygen atoms in total. The average Bonchev–Trinajstić information content (AvgIpc) is 3.40. The largest absolute Gasteiger partial charge is 0.493 e. The number of amides is 1. The first-order chi connectivity index (χ1) is 19.9. The van der Waals surface area contributed by atoms with E-state index in [2.05, 4.69) is 59.6 Å². The lowest BCUT2D eigenvalue weighted by Crippen LogP contribution is -2.56. The molecule has 1 amide bonds. The molecule has 4 aliphatic heterocycles.